The van der Waals surface area contributed by atoms with Gasteiger partial charge in [0, 0.05) is 0 Å². The molecule has 0 aliphatic rings. The number of anilines is 2. The number of nitrogens with one attached hydrogen (secondary N) is 1. The largest absolute Gasteiger partial charge is 0.463 e. The lowest BCUT2D eigenvalue weighted by molar-refractivity contribution is 0.292. The summed E-state index contributed by atoms with van der Waals surface area (Å²) in [7, 11) is 0. The number of ether oxygens (including phenoxy) is 1. The van der Waals surface area contributed by atoms with E-state index in [-0.39, 0.29) is 17.2 Å². The molecule has 1 aromatic heterocycles. The average molecular weight is 297 g/mol. The number of halogens is 2. The van der Waals surface area contributed by atoms with Gasteiger partial charge in [-0.05, 0) is 36.6 Å². The van der Waals surface area contributed by atoms with E-state index in [0.29, 0.717) is 12.3 Å². The van der Waals surface area contributed by atoms with Crippen molar-refractivity contribution in [1.82, 2.24) is 15.0 Å². The van der Waals surface area contributed by atoms with Crippen molar-refractivity contribution < 1.29 is 9.13 Å². The minimum Gasteiger partial charge on any atom is -0.463 e. The maximum absolute atomic E-state index is 13.7. The van der Waals surface area contributed by atoms with E-state index in [1.807, 2.05) is 6.92 Å². The normalized spacial score (nSPS) is 10.4. The number of hydrogen-bond donors (Lipinski definition) is 1. The maximum Gasteiger partial charge on any atom is 0.322 e. The second-order valence-electron chi connectivity index (χ2n) is 4.12. The molecule has 0 saturated heterocycles. The van der Waals surface area contributed by atoms with Crippen molar-refractivity contribution in [2.24, 2.45) is 0 Å². The number of hydrogen-bond acceptors (Lipinski definition) is 5. The van der Waals surface area contributed by atoms with E-state index in [4.69, 9.17) is 16.3 Å². The Morgan fingerprint density at radius 1 is 1.30 bits per heavy atom. The van der Waals surface area contributed by atoms with Crippen LogP contribution >= 0.6 is 11.6 Å². The summed E-state index contributed by atoms with van der Waals surface area (Å²) in [6.45, 7) is 4.21. The molecule has 1 aromatic carbocycles. The van der Waals surface area contributed by atoms with Crippen LogP contribution in [-0.4, -0.2) is 21.6 Å². The van der Waals surface area contributed by atoms with Crippen LogP contribution in [0.3, 0.4) is 0 Å². The van der Waals surface area contributed by atoms with Gasteiger partial charge in [0.2, 0.25) is 11.2 Å². The zero-order valence-corrected chi connectivity index (χ0v) is 11.9. The molecule has 20 heavy (non-hydrogen) atoms. The van der Waals surface area contributed by atoms with Crippen LogP contribution in [-0.2, 0) is 0 Å². The first-order valence-electron chi connectivity index (χ1n) is 6.16. The van der Waals surface area contributed by atoms with E-state index in [0.717, 1.165) is 12.0 Å². The monoisotopic (exact) mass is 296 g/mol. The summed E-state index contributed by atoms with van der Waals surface area (Å²) in [5, 5.41) is 2.78. The van der Waals surface area contributed by atoms with E-state index in [1.54, 1.807) is 19.1 Å². The molecule has 2 aromatic rings. The van der Waals surface area contributed by atoms with Crippen molar-refractivity contribution in [3.63, 3.8) is 0 Å². The Bertz CT molecular complexity index is 589. The topological polar surface area (TPSA) is 59.9 Å². The van der Waals surface area contributed by atoms with Gasteiger partial charge in [0.1, 0.15) is 5.82 Å². The Morgan fingerprint density at radius 2 is 2.10 bits per heavy atom. The van der Waals surface area contributed by atoms with E-state index < -0.39 is 5.82 Å². The van der Waals surface area contributed by atoms with Gasteiger partial charge in [-0.3, -0.25) is 0 Å². The number of aromatic nitrogens is 3. The molecule has 0 bridgehead atoms. The Hall–Kier alpha value is -1.95. The van der Waals surface area contributed by atoms with Gasteiger partial charge in [0.15, 0.2) is 0 Å². The second-order valence-corrected chi connectivity index (χ2v) is 4.45. The van der Waals surface area contributed by atoms with Gasteiger partial charge in [-0.1, -0.05) is 19.1 Å². The third kappa shape index (κ3) is 3.54. The third-order valence-corrected chi connectivity index (χ3v) is 2.65. The molecule has 1 N–H and O–H groups in total. The minimum atomic E-state index is -0.391. The summed E-state index contributed by atoms with van der Waals surface area (Å²) in [6.07, 6.45) is 0.818. The summed E-state index contributed by atoms with van der Waals surface area (Å²) >= 11 is 5.80. The first-order chi connectivity index (χ1) is 9.60. The van der Waals surface area contributed by atoms with Gasteiger partial charge in [-0.15, -0.1) is 0 Å². The molecule has 5 nitrogen and oxygen atoms in total. The molecule has 0 fully saturated rings. The summed E-state index contributed by atoms with van der Waals surface area (Å²) in [6, 6.07) is 4.88. The number of aryl methyl sites for hydroxylation is 1. The van der Waals surface area contributed by atoms with Crippen LogP contribution in [0, 0.1) is 12.7 Å². The number of benzene rings is 1. The van der Waals surface area contributed by atoms with Gasteiger partial charge < -0.3 is 10.1 Å². The predicted molar refractivity (Wildman–Crippen MR) is 75.0 cm³/mol. The maximum atomic E-state index is 13.7. The molecule has 0 radical (unpaired) electrons. The van der Waals surface area contributed by atoms with Gasteiger partial charge in [0.05, 0.1) is 12.3 Å². The molecule has 2 rings (SSSR count). The van der Waals surface area contributed by atoms with Crippen molar-refractivity contribution in [2.75, 3.05) is 11.9 Å². The van der Waals surface area contributed by atoms with Crippen LogP contribution in [0.1, 0.15) is 18.9 Å². The van der Waals surface area contributed by atoms with Crippen LogP contribution in [0.15, 0.2) is 18.2 Å². The van der Waals surface area contributed by atoms with E-state index in [1.165, 1.54) is 6.07 Å². The van der Waals surface area contributed by atoms with E-state index >= 15 is 0 Å². The molecular weight excluding hydrogens is 283 g/mol. The van der Waals surface area contributed by atoms with Crippen molar-refractivity contribution in [2.45, 2.75) is 20.3 Å². The predicted octanol–water partition coefficient (Wildman–Crippen LogP) is 3.50. The molecule has 106 valence electrons. The summed E-state index contributed by atoms with van der Waals surface area (Å²) in [5.41, 5.74) is 1.04. The van der Waals surface area contributed by atoms with Crippen molar-refractivity contribution in [3.05, 3.63) is 34.9 Å². The fraction of sp³-hybridized carbons (Fsp3) is 0.308. The fourth-order valence-corrected chi connectivity index (χ4v) is 1.70. The Kier molecular flexibility index (Phi) is 4.68. The highest BCUT2D eigenvalue weighted by Gasteiger charge is 2.10. The van der Waals surface area contributed by atoms with Crippen LogP contribution in [0.25, 0.3) is 0 Å². The van der Waals surface area contributed by atoms with Crippen molar-refractivity contribution in [3.8, 4) is 6.01 Å². The molecule has 0 amide bonds. The molecular formula is C13H14ClFN4O. The highest BCUT2D eigenvalue weighted by Crippen LogP contribution is 2.23. The lowest BCUT2D eigenvalue weighted by atomic mass is 10.2. The minimum absolute atomic E-state index is 0.0115. The van der Waals surface area contributed by atoms with Gasteiger partial charge in [0.25, 0.3) is 0 Å². The lowest BCUT2D eigenvalue weighted by Crippen LogP contribution is -2.06. The number of rotatable bonds is 5. The SMILES string of the molecule is CCCOc1nc(Cl)nc(Nc2c(C)cccc2F)n1. The molecule has 0 atom stereocenters. The Labute approximate surface area is 121 Å². The van der Waals surface area contributed by atoms with E-state index in [2.05, 4.69) is 20.3 Å². The summed E-state index contributed by atoms with van der Waals surface area (Å²) in [4.78, 5) is 11.8. The number of para-hydroxylation sites is 1. The molecule has 0 saturated carbocycles. The standard InChI is InChI=1S/C13H14ClFN4O/c1-3-7-20-13-18-11(14)17-12(19-13)16-10-8(2)5-4-6-9(10)15/h4-6H,3,7H2,1-2H3,(H,16,17,18,19). The summed E-state index contributed by atoms with van der Waals surface area (Å²) in [5.74, 6) is -0.248. The van der Waals surface area contributed by atoms with Crippen LogP contribution in [0.2, 0.25) is 5.28 Å². The van der Waals surface area contributed by atoms with E-state index in [9.17, 15) is 4.39 Å². The highest BCUT2D eigenvalue weighted by atomic mass is 35.5. The average Bonchev–Trinajstić information content (AvgIpc) is 2.40. The quantitative estimate of drug-likeness (QED) is 0.915. The first-order valence-corrected chi connectivity index (χ1v) is 6.54. The lowest BCUT2D eigenvalue weighted by Gasteiger charge is -2.10. The second kappa shape index (κ2) is 6.47. The summed E-state index contributed by atoms with van der Waals surface area (Å²) < 4.78 is 19.0. The molecule has 7 heteroatoms. The molecule has 0 unspecified atom stereocenters. The zero-order chi connectivity index (χ0) is 14.5. The van der Waals surface area contributed by atoms with Crippen LogP contribution < -0.4 is 10.1 Å². The highest BCUT2D eigenvalue weighted by molar-refractivity contribution is 6.28. The van der Waals surface area contributed by atoms with Gasteiger partial charge in [-0.25, -0.2) is 4.39 Å². The fourth-order valence-electron chi connectivity index (χ4n) is 1.55. The Balaban J connectivity index is 2.27. The zero-order valence-electron chi connectivity index (χ0n) is 11.2. The number of nitrogens with zero attached hydrogens (tertiary/aromatic N) is 3. The smallest absolute Gasteiger partial charge is 0.322 e. The first kappa shape index (κ1) is 14.5. The van der Waals surface area contributed by atoms with Gasteiger partial charge in [-0.2, -0.15) is 15.0 Å². The van der Waals surface area contributed by atoms with Crippen molar-refractivity contribution in [1.29, 1.82) is 0 Å². The molecule has 0 aliphatic heterocycles. The van der Waals surface area contributed by atoms with Crippen LogP contribution in [0.5, 0.6) is 6.01 Å². The molecule has 0 aliphatic carbocycles. The Morgan fingerprint density at radius 3 is 2.80 bits per heavy atom. The van der Waals surface area contributed by atoms with Crippen molar-refractivity contribution >= 4 is 23.2 Å². The third-order valence-electron chi connectivity index (χ3n) is 2.48. The molecule has 0 spiro atoms. The van der Waals surface area contributed by atoms with Crippen LogP contribution in [0.4, 0.5) is 16.0 Å². The van der Waals surface area contributed by atoms with Gasteiger partial charge >= 0.3 is 6.01 Å². The molecule has 1 heterocycles.